The van der Waals surface area contributed by atoms with Crippen molar-refractivity contribution in [2.45, 2.75) is 17.8 Å². The normalized spacial score (nSPS) is 11.4. The van der Waals surface area contributed by atoms with Gasteiger partial charge in [-0.1, -0.05) is 47.6 Å². The van der Waals surface area contributed by atoms with Crippen LogP contribution >= 0.6 is 23.4 Å². The van der Waals surface area contributed by atoms with E-state index in [1.54, 1.807) is 7.11 Å². The summed E-state index contributed by atoms with van der Waals surface area (Å²) < 4.78 is 6.61. The number of nitrogen functional groups attached to an aromatic ring is 1. The highest BCUT2D eigenvalue weighted by Crippen LogP contribution is 2.22. The summed E-state index contributed by atoms with van der Waals surface area (Å²) in [5.41, 5.74) is 5.68. The van der Waals surface area contributed by atoms with Gasteiger partial charge in [0, 0.05) is 16.3 Å². The highest BCUT2D eigenvalue weighted by Gasteiger charge is 2.10. The first kappa shape index (κ1) is 19.1. The Morgan fingerprint density at radius 3 is 2.78 bits per heavy atom. The van der Waals surface area contributed by atoms with Crippen LogP contribution in [0, 0.1) is 0 Å². The maximum absolute atomic E-state index is 6.06. The molecular weight excluding hydrogens is 384 g/mol. The Bertz CT molecular complexity index is 941. The minimum absolute atomic E-state index is 0.357. The largest absolute Gasteiger partial charge is 0.497 e. The lowest BCUT2D eigenvalue weighted by molar-refractivity contribution is 0.414. The fraction of sp³-hybridized carbons (Fsp3) is 0.167. The Labute approximate surface area is 166 Å². The zero-order chi connectivity index (χ0) is 19.2. The number of nitrogens with one attached hydrogen (secondary N) is 1. The minimum atomic E-state index is 0.357. The number of methoxy groups -OCH3 is 1. The van der Waals surface area contributed by atoms with Crippen molar-refractivity contribution in [1.29, 1.82) is 0 Å². The number of halogens is 1. The van der Waals surface area contributed by atoms with Gasteiger partial charge in [-0.05, 0) is 36.8 Å². The molecule has 27 heavy (non-hydrogen) atoms. The molecule has 0 aliphatic rings. The topological polar surface area (TPSA) is 90.3 Å². The second kappa shape index (κ2) is 8.79. The van der Waals surface area contributed by atoms with E-state index in [2.05, 4.69) is 20.7 Å². The van der Waals surface area contributed by atoms with Crippen LogP contribution in [0.1, 0.15) is 18.1 Å². The fourth-order valence-corrected chi connectivity index (χ4v) is 3.17. The fourth-order valence-electron chi connectivity index (χ4n) is 2.23. The van der Waals surface area contributed by atoms with Crippen LogP contribution in [0.5, 0.6) is 5.75 Å². The lowest BCUT2D eigenvalue weighted by atomic mass is 10.1. The quantitative estimate of drug-likeness (QED) is 0.270. The Hall–Kier alpha value is -2.71. The molecule has 1 heterocycles. The van der Waals surface area contributed by atoms with Crippen molar-refractivity contribution in [1.82, 2.24) is 14.9 Å². The number of rotatable bonds is 7. The van der Waals surface area contributed by atoms with Gasteiger partial charge in [0.1, 0.15) is 5.75 Å². The molecule has 0 aliphatic heterocycles. The highest BCUT2D eigenvalue weighted by molar-refractivity contribution is 7.98. The van der Waals surface area contributed by atoms with Crippen molar-refractivity contribution in [3.05, 3.63) is 64.7 Å². The number of thioether (sulfide) groups is 1. The molecule has 3 aromatic rings. The summed E-state index contributed by atoms with van der Waals surface area (Å²) in [5, 5.41) is 13.8. The molecule has 0 bridgehead atoms. The number of hydrogen-bond donors (Lipinski definition) is 2. The Balaban J connectivity index is 1.65. The van der Waals surface area contributed by atoms with Crippen LogP contribution in [0.15, 0.2) is 58.8 Å². The van der Waals surface area contributed by atoms with E-state index in [4.69, 9.17) is 22.2 Å². The molecule has 0 unspecified atom stereocenters. The van der Waals surface area contributed by atoms with Crippen LogP contribution in [-0.4, -0.2) is 27.7 Å². The van der Waals surface area contributed by atoms with Crippen LogP contribution < -0.4 is 16.0 Å². The molecule has 0 aliphatic carbocycles. The Morgan fingerprint density at radius 2 is 2.04 bits per heavy atom. The Morgan fingerprint density at radius 1 is 1.26 bits per heavy atom. The van der Waals surface area contributed by atoms with Gasteiger partial charge in [0.05, 0.1) is 12.8 Å². The summed E-state index contributed by atoms with van der Waals surface area (Å²) in [7, 11) is 1.63. The van der Waals surface area contributed by atoms with Crippen molar-refractivity contribution < 1.29 is 4.74 Å². The molecule has 0 radical (unpaired) electrons. The van der Waals surface area contributed by atoms with Crippen LogP contribution in [0.4, 0.5) is 5.95 Å². The SMILES string of the molecule is COc1cccc(/C(C)=N/Nc2nnc(SCc3ccc(Cl)cc3)n2N)c1. The zero-order valence-corrected chi connectivity index (χ0v) is 16.5. The predicted octanol–water partition coefficient (Wildman–Crippen LogP) is 3.78. The summed E-state index contributed by atoms with van der Waals surface area (Å²) in [6.07, 6.45) is 0. The molecule has 1 aromatic heterocycles. The number of nitrogens with two attached hydrogens (primary N) is 1. The number of benzene rings is 2. The molecule has 0 amide bonds. The van der Waals surface area contributed by atoms with Gasteiger partial charge < -0.3 is 10.6 Å². The minimum Gasteiger partial charge on any atom is -0.497 e. The average molecular weight is 403 g/mol. The van der Waals surface area contributed by atoms with Gasteiger partial charge in [-0.3, -0.25) is 0 Å². The summed E-state index contributed by atoms with van der Waals surface area (Å²) in [6, 6.07) is 15.3. The highest BCUT2D eigenvalue weighted by atomic mass is 35.5. The van der Waals surface area contributed by atoms with E-state index in [1.807, 2.05) is 55.5 Å². The first-order chi connectivity index (χ1) is 13.1. The number of aromatic nitrogens is 3. The second-order valence-electron chi connectivity index (χ2n) is 5.63. The van der Waals surface area contributed by atoms with Gasteiger partial charge >= 0.3 is 0 Å². The number of hydrazone groups is 1. The third-order valence-electron chi connectivity index (χ3n) is 3.76. The molecule has 9 heteroatoms. The monoisotopic (exact) mass is 402 g/mol. The van der Waals surface area contributed by atoms with Gasteiger partial charge in [-0.15, -0.1) is 10.2 Å². The molecule has 2 aromatic carbocycles. The van der Waals surface area contributed by atoms with Crippen molar-refractivity contribution in [3.8, 4) is 5.75 Å². The van der Waals surface area contributed by atoms with Crippen molar-refractivity contribution in [2.24, 2.45) is 5.10 Å². The maximum atomic E-state index is 6.06. The van der Waals surface area contributed by atoms with E-state index in [1.165, 1.54) is 16.4 Å². The van der Waals surface area contributed by atoms with Crippen LogP contribution in [0.25, 0.3) is 0 Å². The van der Waals surface area contributed by atoms with Crippen LogP contribution in [0.3, 0.4) is 0 Å². The van der Waals surface area contributed by atoms with E-state index in [9.17, 15) is 0 Å². The number of anilines is 1. The molecule has 0 saturated carbocycles. The van der Waals surface area contributed by atoms with Crippen LogP contribution in [0.2, 0.25) is 5.02 Å². The van der Waals surface area contributed by atoms with E-state index in [-0.39, 0.29) is 0 Å². The molecule has 3 N–H and O–H groups in total. The summed E-state index contributed by atoms with van der Waals surface area (Å²) in [5.74, 6) is 7.89. The van der Waals surface area contributed by atoms with Gasteiger partial charge in [0.2, 0.25) is 5.16 Å². The van der Waals surface area contributed by atoms with E-state index < -0.39 is 0 Å². The van der Waals surface area contributed by atoms with Crippen molar-refractivity contribution in [2.75, 3.05) is 18.4 Å². The van der Waals surface area contributed by atoms with Gasteiger partial charge in [-0.25, -0.2) is 10.1 Å². The predicted molar refractivity (Wildman–Crippen MR) is 110 cm³/mol. The van der Waals surface area contributed by atoms with Gasteiger partial charge in [-0.2, -0.15) is 5.10 Å². The molecule has 0 atom stereocenters. The molecule has 140 valence electrons. The average Bonchev–Trinajstić information content (AvgIpc) is 3.05. The smallest absolute Gasteiger partial charge is 0.264 e. The van der Waals surface area contributed by atoms with Crippen molar-refractivity contribution >= 4 is 35.0 Å². The molecule has 0 spiro atoms. The second-order valence-corrected chi connectivity index (χ2v) is 7.01. The third-order valence-corrected chi connectivity index (χ3v) is 5.02. The van der Waals surface area contributed by atoms with Gasteiger partial charge in [0.15, 0.2) is 0 Å². The maximum Gasteiger partial charge on any atom is 0.264 e. The first-order valence-electron chi connectivity index (χ1n) is 8.09. The zero-order valence-electron chi connectivity index (χ0n) is 14.9. The van der Waals surface area contributed by atoms with Crippen LogP contribution in [-0.2, 0) is 5.75 Å². The molecule has 3 rings (SSSR count). The van der Waals surface area contributed by atoms with E-state index >= 15 is 0 Å². The third kappa shape index (κ3) is 4.93. The first-order valence-corrected chi connectivity index (χ1v) is 9.45. The van der Waals surface area contributed by atoms with E-state index in [0.717, 1.165) is 22.6 Å². The molecule has 7 nitrogen and oxygen atoms in total. The van der Waals surface area contributed by atoms with E-state index in [0.29, 0.717) is 21.9 Å². The lowest BCUT2D eigenvalue weighted by Crippen LogP contribution is -2.13. The molecule has 0 fully saturated rings. The standard InChI is InChI=1S/C18H19ClN6OS/c1-12(14-4-3-5-16(10-14)26-2)21-22-17-23-24-18(25(17)20)27-11-13-6-8-15(19)9-7-13/h3-10H,11,20H2,1-2H3,(H,22,23)/b21-12+. The van der Waals surface area contributed by atoms with Gasteiger partial charge in [0.25, 0.3) is 5.95 Å². The number of ether oxygens (including phenoxy) is 1. The Kier molecular flexibility index (Phi) is 6.20. The van der Waals surface area contributed by atoms with Crippen molar-refractivity contribution in [3.63, 3.8) is 0 Å². The summed E-state index contributed by atoms with van der Waals surface area (Å²) in [6.45, 7) is 1.88. The lowest BCUT2D eigenvalue weighted by Gasteiger charge is -2.06. The molecular formula is C18H19ClN6OS. The molecule has 0 saturated heterocycles. The number of nitrogens with zero attached hydrogens (tertiary/aromatic N) is 4. The summed E-state index contributed by atoms with van der Waals surface area (Å²) in [4.78, 5) is 0. The number of hydrogen-bond acceptors (Lipinski definition) is 7. The summed E-state index contributed by atoms with van der Waals surface area (Å²) >= 11 is 7.38.